The number of hydrogen-bond acceptors (Lipinski definition) is 4. The second kappa shape index (κ2) is 7.44. The Morgan fingerprint density at radius 1 is 1.12 bits per heavy atom. The largest absolute Gasteiger partial charge is 0.417 e. The van der Waals surface area contributed by atoms with Crippen molar-refractivity contribution in [3.63, 3.8) is 0 Å². The standard InChI is InChI=1S/C17H15F3N2OS/c1-22(2)21-16(15-9-6-10-24-15)14(23)11-13(17(18,19)20)12-7-4-3-5-8-12/h3-11H,1-2H3/b13-11+,21-16-. The molecule has 0 N–H and O–H groups in total. The van der Waals surface area contributed by atoms with E-state index in [9.17, 15) is 18.0 Å². The lowest BCUT2D eigenvalue weighted by Crippen LogP contribution is -2.20. The van der Waals surface area contributed by atoms with Crippen molar-refractivity contribution < 1.29 is 18.0 Å². The number of ketones is 1. The average molecular weight is 352 g/mol. The van der Waals surface area contributed by atoms with Gasteiger partial charge in [-0.2, -0.15) is 18.3 Å². The molecule has 0 atom stereocenters. The van der Waals surface area contributed by atoms with Crippen molar-refractivity contribution in [2.24, 2.45) is 5.10 Å². The van der Waals surface area contributed by atoms with Gasteiger partial charge in [0.15, 0.2) is 0 Å². The summed E-state index contributed by atoms with van der Waals surface area (Å²) in [6.45, 7) is 0. The summed E-state index contributed by atoms with van der Waals surface area (Å²) >= 11 is 1.24. The van der Waals surface area contributed by atoms with E-state index in [1.54, 1.807) is 37.7 Å². The molecule has 1 aromatic carbocycles. The number of nitrogens with zero attached hydrogens (tertiary/aromatic N) is 2. The normalized spacial score (nSPS) is 13.0. The number of hydrazone groups is 1. The Morgan fingerprint density at radius 2 is 1.79 bits per heavy atom. The maximum atomic E-state index is 13.4. The second-order valence-corrected chi connectivity index (χ2v) is 6.01. The van der Waals surface area contributed by atoms with E-state index in [1.807, 2.05) is 0 Å². The fraction of sp³-hybridized carbons (Fsp3) is 0.176. The second-order valence-electron chi connectivity index (χ2n) is 5.06. The first-order valence-electron chi connectivity index (χ1n) is 6.97. The first-order valence-corrected chi connectivity index (χ1v) is 7.85. The fourth-order valence-corrected chi connectivity index (χ4v) is 2.69. The molecule has 0 amide bonds. The number of carbonyl (C=O) groups is 1. The van der Waals surface area contributed by atoms with Crippen LogP contribution >= 0.6 is 11.3 Å². The topological polar surface area (TPSA) is 32.7 Å². The lowest BCUT2D eigenvalue weighted by molar-refractivity contribution is -0.109. The summed E-state index contributed by atoms with van der Waals surface area (Å²) in [5.41, 5.74) is -1.07. The maximum Gasteiger partial charge on any atom is 0.417 e. The predicted molar refractivity (Wildman–Crippen MR) is 90.0 cm³/mol. The highest BCUT2D eigenvalue weighted by atomic mass is 32.1. The molecule has 0 saturated carbocycles. The first-order chi connectivity index (χ1) is 11.3. The van der Waals surface area contributed by atoms with Gasteiger partial charge in [0.05, 0.1) is 10.5 Å². The van der Waals surface area contributed by atoms with Gasteiger partial charge in [-0.05, 0) is 17.0 Å². The van der Waals surface area contributed by atoms with Gasteiger partial charge in [0.1, 0.15) is 5.71 Å². The number of rotatable bonds is 5. The Hall–Kier alpha value is -2.41. The average Bonchev–Trinajstić information content (AvgIpc) is 3.03. The molecular weight excluding hydrogens is 337 g/mol. The number of thiophene rings is 1. The molecule has 0 fully saturated rings. The molecule has 1 aromatic heterocycles. The van der Waals surface area contributed by atoms with Crippen molar-refractivity contribution in [2.45, 2.75) is 6.18 Å². The zero-order valence-electron chi connectivity index (χ0n) is 13.0. The van der Waals surface area contributed by atoms with Gasteiger partial charge in [0, 0.05) is 20.2 Å². The molecule has 2 aromatic rings. The molecule has 0 bridgehead atoms. The van der Waals surface area contributed by atoms with Crippen molar-refractivity contribution >= 4 is 28.4 Å². The molecule has 24 heavy (non-hydrogen) atoms. The summed E-state index contributed by atoms with van der Waals surface area (Å²) in [6, 6.07) is 10.6. The SMILES string of the molecule is CN(C)/N=C(/C(=O)/C=C(\c1ccccc1)C(F)(F)F)c1cccs1. The molecule has 126 valence electrons. The van der Waals surface area contributed by atoms with E-state index in [-0.39, 0.29) is 11.3 Å². The van der Waals surface area contributed by atoms with E-state index in [1.165, 1.54) is 40.6 Å². The monoisotopic (exact) mass is 352 g/mol. The summed E-state index contributed by atoms with van der Waals surface area (Å²) in [5, 5.41) is 7.17. The summed E-state index contributed by atoms with van der Waals surface area (Å²) in [6.07, 6.45) is -4.03. The van der Waals surface area contributed by atoms with Gasteiger partial charge in [0.2, 0.25) is 5.78 Å². The van der Waals surface area contributed by atoms with Crippen LogP contribution in [-0.4, -0.2) is 36.8 Å². The van der Waals surface area contributed by atoms with Crippen LogP contribution < -0.4 is 0 Å². The minimum atomic E-state index is -4.64. The Labute approximate surface area is 141 Å². The third kappa shape index (κ3) is 4.55. The van der Waals surface area contributed by atoms with Crippen molar-refractivity contribution in [3.8, 4) is 0 Å². The van der Waals surface area contributed by atoms with Gasteiger partial charge in [-0.3, -0.25) is 4.79 Å². The van der Waals surface area contributed by atoms with Gasteiger partial charge in [-0.1, -0.05) is 36.4 Å². The molecule has 7 heteroatoms. The Balaban J connectivity index is 2.49. The van der Waals surface area contributed by atoms with Crippen molar-refractivity contribution in [1.82, 2.24) is 5.01 Å². The van der Waals surface area contributed by atoms with Crippen LogP contribution in [0, 0.1) is 0 Å². The number of alkyl halides is 3. The number of halogens is 3. The Bertz CT molecular complexity index is 748. The minimum absolute atomic E-state index is 0.0207. The van der Waals surface area contributed by atoms with Crippen LogP contribution in [0.15, 0.2) is 59.0 Å². The molecule has 1 heterocycles. The summed E-state index contributed by atoms with van der Waals surface area (Å²) in [7, 11) is 3.21. The molecule has 0 aliphatic rings. The maximum absolute atomic E-state index is 13.4. The molecule has 0 saturated heterocycles. The predicted octanol–water partition coefficient (Wildman–Crippen LogP) is 4.23. The molecule has 0 radical (unpaired) electrons. The lowest BCUT2D eigenvalue weighted by atomic mass is 10.0. The highest BCUT2D eigenvalue weighted by Gasteiger charge is 2.35. The summed E-state index contributed by atoms with van der Waals surface area (Å²) < 4.78 is 40.1. The third-order valence-corrected chi connectivity index (χ3v) is 3.83. The molecule has 0 aliphatic heterocycles. The number of benzene rings is 1. The van der Waals surface area contributed by atoms with Crippen molar-refractivity contribution in [3.05, 3.63) is 64.4 Å². The van der Waals surface area contributed by atoms with Crippen molar-refractivity contribution in [1.29, 1.82) is 0 Å². The number of hydrogen-bond donors (Lipinski definition) is 0. The quantitative estimate of drug-likeness (QED) is 0.458. The molecular formula is C17H15F3N2OS. The molecule has 0 aliphatic carbocycles. The highest BCUT2D eigenvalue weighted by molar-refractivity contribution is 7.13. The van der Waals surface area contributed by atoms with Crippen molar-refractivity contribution in [2.75, 3.05) is 14.1 Å². The first kappa shape index (κ1) is 17.9. The minimum Gasteiger partial charge on any atom is -0.302 e. The van der Waals surface area contributed by atoms with E-state index in [4.69, 9.17) is 0 Å². The van der Waals surface area contributed by atoms with Gasteiger partial charge in [-0.25, -0.2) is 0 Å². The zero-order valence-corrected chi connectivity index (χ0v) is 13.9. The smallest absolute Gasteiger partial charge is 0.302 e. The lowest BCUT2D eigenvalue weighted by Gasteiger charge is -2.13. The van der Waals surface area contributed by atoms with Gasteiger partial charge in [-0.15, -0.1) is 11.3 Å². The van der Waals surface area contributed by atoms with Crippen LogP contribution in [0.3, 0.4) is 0 Å². The summed E-state index contributed by atoms with van der Waals surface area (Å²) in [5.74, 6) is -0.790. The zero-order chi connectivity index (χ0) is 17.7. The molecule has 0 unspecified atom stereocenters. The Kier molecular flexibility index (Phi) is 5.56. The highest BCUT2D eigenvalue weighted by Crippen LogP contribution is 2.33. The van der Waals surface area contributed by atoms with Crippen LogP contribution in [0.25, 0.3) is 5.57 Å². The van der Waals surface area contributed by atoms with Crippen LogP contribution in [-0.2, 0) is 4.79 Å². The van der Waals surface area contributed by atoms with Gasteiger partial charge in [0.25, 0.3) is 0 Å². The fourth-order valence-electron chi connectivity index (χ4n) is 1.98. The Morgan fingerprint density at radius 3 is 2.29 bits per heavy atom. The van der Waals surface area contributed by atoms with Crippen LogP contribution in [0.2, 0.25) is 0 Å². The van der Waals surface area contributed by atoms with E-state index in [0.29, 0.717) is 11.0 Å². The number of carbonyl (C=O) groups excluding carboxylic acids is 1. The van der Waals surface area contributed by atoms with E-state index in [2.05, 4.69) is 5.10 Å². The van der Waals surface area contributed by atoms with E-state index in [0.717, 1.165) is 0 Å². The van der Waals surface area contributed by atoms with Crippen LogP contribution in [0.5, 0.6) is 0 Å². The third-order valence-electron chi connectivity index (χ3n) is 2.95. The molecule has 2 rings (SSSR count). The van der Waals surface area contributed by atoms with Gasteiger partial charge < -0.3 is 5.01 Å². The molecule has 0 spiro atoms. The van der Waals surface area contributed by atoms with Gasteiger partial charge >= 0.3 is 6.18 Å². The summed E-state index contributed by atoms with van der Waals surface area (Å²) in [4.78, 5) is 13.0. The van der Waals surface area contributed by atoms with E-state index >= 15 is 0 Å². The number of allylic oxidation sites excluding steroid dienone is 2. The van der Waals surface area contributed by atoms with E-state index < -0.39 is 17.5 Å². The van der Waals surface area contributed by atoms with Crippen LogP contribution in [0.1, 0.15) is 10.4 Å². The molecule has 3 nitrogen and oxygen atoms in total. The van der Waals surface area contributed by atoms with Crippen LogP contribution in [0.4, 0.5) is 13.2 Å².